The van der Waals surface area contributed by atoms with Crippen molar-refractivity contribution >= 4 is 21.5 Å². The Morgan fingerprint density at radius 1 is 1.26 bits per heavy atom. The van der Waals surface area contributed by atoms with E-state index in [1.807, 2.05) is 18.4 Å². The Morgan fingerprint density at radius 2 is 2.00 bits per heavy atom. The fourth-order valence-electron chi connectivity index (χ4n) is 1.41. The standard InChI is InChI=1S/C14H12O3S2/c1-12-10-13(11-18-12)6-5-9-17-19(15,16)14-7-3-2-4-8-14/h2-4,7-8,10-11H,9H2,1H3. The summed E-state index contributed by atoms with van der Waals surface area (Å²) in [6.07, 6.45) is 0. The van der Waals surface area contributed by atoms with Crippen molar-refractivity contribution in [2.45, 2.75) is 11.8 Å². The SMILES string of the molecule is Cc1cc(C#CCOS(=O)(=O)c2ccccc2)cs1. The van der Waals surface area contributed by atoms with Crippen LogP contribution in [-0.2, 0) is 14.3 Å². The average molecular weight is 292 g/mol. The van der Waals surface area contributed by atoms with E-state index in [1.54, 1.807) is 29.5 Å². The van der Waals surface area contributed by atoms with Gasteiger partial charge < -0.3 is 0 Å². The molecular formula is C14H12O3S2. The van der Waals surface area contributed by atoms with Crippen molar-refractivity contribution in [2.24, 2.45) is 0 Å². The first-order chi connectivity index (χ1) is 9.08. The first-order valence-electron chi connectivity index (χ1n) is 5.56. The summed E-state index contributed by atoms with van der Waals surface area (Å²) < 4.78 is 28.4. The van der Waals surface area contributed by atoms with Crippen LogP contribution in [0, 0.1) is 18.8 Å². The maximum atomic E-state index is 11.8. The largest absolute Gasteiger partial charge is 0.297 e. The molecule has 19 heavy (non-hydrogen) atoms. The minimum Gasteiger partial charge on any atom is -0.253 e. The molecule has 98 valence electrons. The Bertz CT molecular complexity index is 704. The van der Waals surface area contributed by atoms with Crippen LogP contribution in [0.15, 0.2) is 46.7 Å². The lowest BCUT2D eigenvalue weighted by atomic mass is 10.3. The Hall–Kier alpha value is -1.61. The summed E-state index contributed by atoms with van der Waals surface area (Å²) in [5, 5.41) is 1.92. The molecule has 0 N–H and O–H groups in total. The van der Waals surface area contributed by atoms with Crippen molar-refractivity contribution in [3.63, 3.8) is 0 Å². The molecule has 1 heterocycles. The number of aryl methyl sites for hydroxylation is 1. The van der Waals surface area contributed by atoms with Crippen molar-refractivity contribution < 1.29 is 12.6 Å². The van der Waals surface area contributed by atoms with E-state index in [1.165, 1.54) is 17.0 Å². The first kappa shape index (κ1) is 13.8. The van der Waals surface area contributed by atoms with Crippen LogP contribution in [0.3, 0.4) is 0 Å². The van der Waals surface area contributed by atoms with Gasteiger partial charge in [-0.2, -0.15) is 8.42 Å². The van der Waals surface area contributed by atoms with Crippen LogP contribution in [0.5, 0.6) is 0 Å². The van der Waals surface area contributed by atoms with Gasteiger partial charge in [-0.1, -0.05) is 30.0 Å². The monoisotopic (exact) mass is 292 g/mol. The molecule has 0 bridgehead atoms. The molecule has 3 nitrogen and oxygen atoms in total. The van der Waals surface area contributed by atoms with Crippen molar-refractivity contribution in [1.29, 1.82) is 0 Å². The molecule has 0 aliphatic rings. The molecule has 0 saturated heterocycles. The molecule has 5 heteroatoms. The van der Waals surface area contributed by atoms with Gasteiger partial charge in [0.15, 0.2) is 0 Å². The van der Waals surface area contributed by atoms with Gasteiger partial charge in [-0.15, -0.1) is 11.3 Å². The van der Waals surface area contributed by atoms with Gasteiger partial charge >= 0.3 is 0 Å². The van der Waals surface area contributed by atoms with E-state index in [-0.39, 0.29) is 11.5 Å². The third-order valence-corrected chi connectivity index (χ3v) is 4.42. The lowest BCUT2D eigenvalue weighted by Crippen LogP contribution is -2.06. The van der Waals surface area contributed by atoms with E-state index in [9.17, 15) is 8.42 Å². The van der Waals surface area contributed by atoms with Crippen molar-refractivity contribution in [1.82, 2.24) is 0 Å². The lowest BCUT2D eigenvalue weighted by molar-refractivity contribution is 0.363. The zero-order valence-corrected chi connectivity index (χ0v) is 11.9. The van der Waals surface area contributed by atoms with Gasteiger partial charge in [-0.3, -0.25) is 4.18 Å². The first-order valence-corrected chi connectivity index (χ1v) is 7.85. The summed E-state index contributed by atoms with van der Waals surface area (Å²) >= 11 is 1.60. The average Bonchev–Trinajstić information content (AvgIpc) is 2.82. The molecule has 2 aromatic rings. The van der Waals surface area contributed by atoms with Crippen LogP contribution in [0.25, 0.3) is 0 Å². The van der Waals surface area contributed by atoms with Gasteiger partial charge in [0.2, 0.25) is 0 Å². The van der Waals surface area contributed by atoms with E-state index < -0.39 is 10.1 Å². The summed E-state index contributed by atoms with van der Waals surface area (Å²) in [5.41, 5.74) is 0.878. The molecule has 0 unspecified atom stereocenters. The van der Waals surface area contributed by atoms with E-state index >= 15 is 0 Å². The molecule has 2 rings (SSSR count). The molecule has 0 amide bonds. The van der Waals surface area contributed by atoms with Gasteiger partial charge in [-0.05, 0) is 25.1 Å². The topological polar surface area (TPSA) is 43.4 Å². The fraction of sp³-hybridized carbons (Fsp3) is 0.143. The number of thiophene rings is 1. The molecule has 0 atom stereocenters. The van der Waals surface area contributed by atoms with Crippen LogP contribution in [-0.4, -0.2) is 15.0 Å². The van der Waals surface area contributed by atoms with Gasteiger partial charge in [0.25, 0.3) is 10.1 Å². The minimum absolute atomic E-state index is 0.142. The molecule has 0 saturated carbocycles. The molecule has 0 aliphatic heterocycles. The summed E-state index contributed by atoms with van der Waals surface area (Å²) in [6.45, 7) is 1.85. The molecule has 0 spiro atoms. The number of benzene rings is 1. The van der Waals surface area contributed by atoms with Crippen LogP contribution >= 0.6 is 11.3 Å². The summed E-state index contributed by atoms with van der Waals surface area (Å²) in [4.78, 5) is 1.31. The maximum absolute atomic E-state index is 11.8. The smallest absolute Gasteiger partial charge is 0.253 e. The fourth-order valence-corrected chi connectivity index (χ4v) is 2.88. The van der Waals surface area contributed by atoms with E-state index in [2.05, 4.69) is 11.8 Å². The second-order valence-electron chi connectivity index (χ2n) is 3.78. The van der Waals surface area contributed by atoms with Crippen LogP contribution < -0.4 is 0 Å². The van der Waals surface area contributed by atoms with E-state index in [0.29, 0.717) is 0 Å². The summed E-state index contributed by atoms with van der Waals surface area (Å²) in [7, 11) is -3.71. The van der Waals surface area contributed by atoms with Crippen molar-refractivity contribution in [2.75, 3.05) is 6.61 Å². The highest BCUT2D eigenvalue weighted by atomic mass is 32.2. The lowest BCUT2D eigenvalue weighted by Gasteiger charge is -2.01. The van der Waals surface area contributed by atoms with E-state index in [4.69, 9.17) is 4.18 Å². The molecule has 0 fully saturated rings. The number of hydrogen-bond donors (Lipinski definition) is 0. The van der Waals surface area contributed by atoms with Crippen LogP contribution in [0.2, 0.25) is 0 Å². The molecular weight excluding hydrogens is 280 g/mol. The molecule has 0 radical (unpaired) electrons. The zero-order valence-electron chi connectivity index (χ0n) is 10.3. The summed E-state index contributed by atoms with van der Waals surface area (Å²) in [5.74, 6) is 5.56. The van der Waals surface area contributed by atoms with Crippen molar-refractivity contribution in [3.05, 3.63) is 52.2 Å². The molecule has 1 aromatic heterocycles. The third kappa shape index (κ3) is 3.93. The normalized spacial score (nSPS) is 10.8. The molecule has 1 aromatic carbocycles. The second kappa shape index (κ2) is 6.02. The predicted molar refractivity (Wildman–Crippen MR) is 75.5 cm³/mol. The van der Waals surface area contributed by atoms with E-state index in [0.717, 1.165) is 5.56 Å². The third-order valence-electron chi connectivity index (χ3n) is 2.28. The highest BCUT2D eigenvalue weighted by Gasteiger charge is 2.12. The Morgan fingerprint density at radius 3 is 2.63 bits per heavy atom. The Kier molecular flexibility index (Phi) is 4.38. The Labute approximate surface area is 117 Å². The van der Waals surface area contributed by atoms with Crippen molar-refractivity contribution in [3.8, 4) is 11.8 Å². The highest BCUT2D eigenvalue weighted by molar-refractivity contribution is 7.86. The number of rotatable bonds is 3. The second-order valence-corrected chi connectivity index (χ2v) is 6.51. The van der Waals surface area contributed by atoms with Crippen LogP contribution in [0.1, 0.15) is 10.4 Å². The quantitative estimate of drug-likeness (QED) is 0.645. The van der Waals surface area contributed by atoms with Gasteiger partial charge in [0.1, 0.15) is 6.61 Å². The molecule has 0 aliphatic carbocycles. The van der Waals surface area contributed by atoms with Gasteiger partial charge in [0.05, 0.1) is 4.90 Å². The minimum atomic E-state index is -3.71. The summed E-state index contributed by atoms with van der Waals surface area (Å²) in [6, 6.07) is 9.98. The highest BCUT2D eigenvalue weighted by Crippen LogP contribution is 2.12. The predicted octanol–water partition coefficient (Wildman–Crippen LogP) is 2.81. The Balaban J connectivity index is 1.98. The number of hydrogen-bond acceptors (Lipinski definition) is 4. The van der Waals surface area contributed by atoms with Gasteiger partial charge in [0, 0.05) is 15.8 Å². The maximum Gasteiger partial charge on any atom is 0.297 e. The van der Waals surface area contributed by atoms with Crippen LogP contribution in [0.4, 0.5) is 0 Å². The van der Waals surface area contributed by atoms with Gasteiger partial charge in [-0.25, -0.2) is 0 Å². The zero-order chi connectivity index (χ0) is 13.7.